The van der Waals surface area contributed by atoms with Crippen LogP contribution in [0, 0.1) is 0 Å². The Balaban J connectivity index is 2.14. The van der Waals surface area contributed by atoms with Crippen molar-refractivity contribution in [1.82, 2.24) is 24.3 Å². The summed E-state index contributed by atoms with van der Waals surface area (Å²) in [4.78, 5) is 18.9. The quantitative estimate of drug-likeness (QED) is 0.673. The highest BCUT2D eigenvalue weighted by atomic mass is 16.5. The van der Waals surface area contributed by atoms with Crippen LogP contribution in [-0.4, -0.2) is 37.4 Å². The van der Waals surface area contributed by atoms with Crippen LogP contribution in [0.25, 0.3) is 0 Å². The topological polar surface area (TPSA) is 74.8 Å². The molecule has 16 heavy (non-hydrogen) atoms. The van der Waals surface area contributed by atoms with Crippen LogP contribution in [0.5, 0.6) is 0 Å². The van der Waals surface area contributed by atoms with Gasteiger partial charge in [-0.2, -0.15) is 0 Å². The zero-order chi connectivity index (χ0) is 11.5. The van der Waals surface area contributed by atoms with E-state index in [4.69, 9.17) is 0 Å². The van der Waals surface area contributed by atoms with Crippen molar-refractivity contribution in [3.05, 3.63) is 30.4 Å². The zero-order valence-electron chi connectivity index (χ0n) is 8.99. The lowest BCUT2D eigenvalue weighted by Crippen LogP contribution is -2.08. The summed E-state index contributed by atoms with van der Waals surface area (Å²) < 4.78 is 7.95. The zero-order valence-corrected chi connectivity index (χ0v) is 8.99. The van der Waals surface area contributed by atoms with E-state index in [0.29, 0.717) is 6.54 Å². The Labute approximate surface area is 91.7 Å². The second-order valence-corrected chi connectivity index (χ2v) is 3.25. The number of methoxy groups -OCH3 is 1. The molecular weight excluding hydrogens is 210 g/mol. The van der Waals surface area contributed by atoms with Crippen molar-refractivity contribution in [3.63, 3.8) is 0 Å². The molecule has 7 nitrogen and oxygen atoms in total. The van der Waals surface area contributed by atoms with Gasteiger partial charge in [-0.25, -0.2) is 19.4 Å². The van der Waals surface area contributed by atoms with Crippen LogP contribution in [0.2, 0.25) is 0 Å². The van der Waals surface area contributed by atoms with Crippen molar-refractivity contribution in [2.45, 2.75) is 6.54 Å². The first-order chi connectivity index (χ1) is 7.70. The molecule has 0 unspecified atom stereocenters. The van der Waals surface area contributed by atoms with E-state index >= 15 is 0 Å². The van der Waals surface area contributed by atoms with Gasteiger partial charge >= 0.3 is 5.97 Å². The van der Waals surface area contributed by atoms with Crippen molar-refractivity contribution in [1.29, 1.82) is 0 Å². The Morgan fingerprint density at radius 1 is 1.50 bits per heavy atom. The number of ether oxygens (including phenoxy) is 1. The van der Waals surface area contributed by atoms with Gasteiger partial charge in [0.25, 0.3) is 5.82 Å². The Hall–Kier alpha value is -2.18. The molecule has 0 radical (unpaired) electrons. The first-order valence-electron chi connectivity index (χ1n) is 4.63. The Morgan fingerprint density at radius 3 is 2.94 bits per heavy atom. The summed E-state index contributed by atoms with van der Waals surface area (Å²) in [7, 11) is 3.19. The third kappa shape index (κ3) is 1.92. The first kappa shape index (κ1) is 10.3. The van der Waals surface area contributed by atoms with Gasteiger partial charge in [-0.1, -0.05) is 0 Å². The third-order valence-corrected chi connectivity index (χ3v) is 2.14. The van der Waals surface area contributed by atoms with Gasteiger partial charge in [0, 0.05) is 7.05 Å². The number of hydrogen-bond acceptors (Lipinski definition) is 5. The highest BCUT2D eigenvalue weighted by molar-refractivity contribution is 5.84. The van der Waals surface area contributed by atoms with Crippen molar-refractivity contribution in [2.75, 3.05) is 7.11 Å². The molecule has 0 bridgehead atoms. The highest BCUT2D eigenvalue weighted by Crippen LogP contribution is 2.00. The molecule has 0 atom stereocenters. The van der Waals surface area contributed by atoms with Crippen molar-refractivity contribution in [2.24, 2.45) is 7.05 Å². The van der Waals surface area contributed by atoms with Gasteiger partial charge in [0.2, 0.25) is 0 Å². The number of imidazole rings is 1. The van der Waals surface area contributed by atoms with Crippen LogP contribution in [0.1, 0.15) is 16.3 Å². The van der Waals surface area contributed by atoms with E-state index in [2.05, 4.69) is 19.8 Å². The molecule has 0 fully saturated rings. The fourth-order valence-electron chi connectivity index (χ4n) is 1.26. The van der Waals surface area contributed by atoms with E-state index in [-0.39, 0.29) is 5.82 Å². The molecule has 2 heterocycles. The lowest BCUT2D eigenvalue weighted by atomic mass is 10.5. The van der Waals surface area contributed by atoms with Crippen LogP contribution in [0.15, 0.2) is 18.9 Å². The molecule has 0 aliphatic rings. The van der Waals surface area contributed by atoms with E-state index in [1.165, 1.54) is 13.4 Å². The number of rotatable bonds is 3. The van der Waals surface area contributed by atoms with Crippen LogP contribution < -0.4 is 0 Å². The predicted molar refractivity (Wildman–Crippen MR) is 53.7 cm³/mol. The summed E-state index contributed by atoms with van der Waals surface area (Å²) in [6.07, 6.45) is 4.92. The van der Waals surface area contributed by atoms with E-state index in [1.54, 1.807) is 17.2 Å². The number of hydrogen-bond donors (Lipinski definition) is 0. The summed E-state index contributed by atoms with van der Waals surface area (Å²) in [5.74, 6) is -0.478. The molecular formula is C9H11N5O2. The first-order valence-corrected chi connectivity index (χ1v) is 4.63. The monoisotopic (exact) mass is 221 g/mol. The summed E-state index contributed by atoms with van der Waals surface area (Å²) in [6, 6.07) is 0. The molecule has 2 rings (SSSR count). The smallest absolute Gasteiger partial charge is 0.377 e. The minimum atomic E-state index is -0.538. The van der Waals surface area contributed by atoms with Gasteiger partial charge in [-0.05, 0) is 0 Å². The van der Waals surface area contributed by atoms with Gasteiger partial charge in [-0.15, -0.1) is 5.10 Å². The van der Waals surface area contributed by atoms with Gasteiger partial charge in [0.05, 0.1) is 31.9 Å². The number of esters is 1. The van der Waals surface area contributed by atoms with Gasteiger partial charge in [0.1, 0.15) is 6.33 Å². The van der Waals surface area contributed by atoms with Gasteiger partial charge < -0.3 is 9.30 Å². The minimum Gasteiger partial charge on any atom is -0.463 e. The fourth-order valence-corrected chi connectivity index (χ4v) is 1.26. The van der Waals surface area contributed by atoms with Crippen LogP contribution >= 0.6 is 0 Å². The maximum Gasteiger partial charge on any atom is 0.377 e. The molecule has 0 saturated carbocycles. The summed E-state index contributed by atoms with van der Waals surface area (Å²) in [5, 5.41) is 3.99. The number of nitrogens with zero attached hydrogens (tertiary/aromatic N) is 5. The third-order valence-electron chi connectivity index (χ3n) is 2.14. The molecule has 0 spiro atoms. The number of aryl methyl sites for hydroxylation is 1. The molecule has 2 aromatic rings. The summed E-state index contributed by atoms with van der Waals surface area (Å²) in [5.41, 5.74) is 0.973. The van der Waals surface area contributed by atoms with E-state index < -0.39 is 5.97 Å². The largest absolute Gasteiger partial charge is 0.463 e. The number of aromatic nitrogens is 5. The summed E-state index contributed by atoms with van der Waals surface area (Å²) >= 11 is 0. The van der Waals surface area contributed by atoms with E-state index in [1.807, 2.05) is 11.6 Å². The van der Waals surface area contributed by atoms with Crippen LogP contribution in [0.3, 0.4) is 0 Å². The molecule has 0 aliphatic carbocycles. The molecule has 7 heteroatoms. The molecule has 0 amide bonds. The lowest BCUT2D eigenvalue weighted by molar-refractivity contribution is 0.0586. The SMILES string of the molecule is COC(=O)c1ncn(Cc2cncn2C)n1. The van der Waals surface area contributed by atoms with Crippen molar-refractivity contribution < 1.29 is 9.53 Å². The van der Waals surface area contributed by atoms with Crippen molar-refractivity contribution >= 4 is 5.97 Å². The highest BCUT2D eigenvalue weighted by Gasteiger charge is 2.11. The van der Waals surface area contributed by atoms with Crippen LogP contribution in [0.4, 0.5) is 0 Å². The lowest BCUT2D eigenvalue weighted by Gasteiger charge is -2.00. The molecule has 0 saturated heterocycles. The molecule has 84 valence electrons. The maximum absolute atomic E-state index is 11.1. The van der Waals surface area contributed by atoms with Gasteiger partial charge in [0.15, 0.2) is 0 Å². The van der Waals surface area contributed by atoms with E-state index in [0.717, 1.165) is 5.69 Å². The maximum atomic E-state index is 11.1. The molecule has 0 aliphatic heterocycles. The average molecular weight is 221 g/mol. The number of carbonyl (C=O) groups is 1. The molecule has 0 N–H and O–H groups in total. The molecule has 2 aromatic heterocycles. The van der Waals surface area contributed by atoms with Gasteiger partial charge in [-0.3, -0.25) is 0 Å². The number of carbonyl (C=O) groups excluding carboxylic acids is 1. The summed E-state index contributed by atoms with van der Waals surface area (Å²) in [6.45, 7) is 0.514. The Morgan fingerprint density at radius 2 is 2.31 bits per heavy atom. The standard InChI is InChI=1S/C9H11N5O2/c1-13-5-10-3-7(13)4-14-6-11-8(12-14)9(15)16-2/h3,5-6H,4H2,1-2H3. The van der Waals surface area contributed by atoms with Crippen LogP contribution in [-0.2, 0) is 18.3 Å². The predicted octanol–water partition coefficient (Wildman–Crippen LogP) is -0.153. The Bertz CT molecular complexity index is 501. The van der Waals surface area contributed by atoms with E-state index in [9.17, 15) is 4.79 Å². The second kappa shape index (κ2) is 4.13. The normalized spacial score (nSPS) is 10.4. The second-order valence-electron chi connectivity index (χ2n) is 3.25. The minimum absolute atomic E-state index is 0.0599. The average Bonchev–Trinajstić information content (AvgIpc) is 2.89. The molecule has 0 aromatic carbocycles. The Kier molecular flexibility index (Phi) is 2.67. The van der Waals surface area contributed by atoms with Crippen molar-refractivity contribution in [3.8, 4) is 0 Å². The fraction of sp³-hybridized carbons (Fsp3) is 0.333.